The van der Waals surface area contributed by atoms with E-state index >= 15 is 0 Å². The van der Waals surface area contributed by atoms with Gasteiger partial charge in [-0.25, -0.2) is 0 Å². The summed E-state index contributed by atoms with van der Waals surface area (Å²) in [6.07, 6.45) is 1.92. The van der Waals surface area contributed by atoms with Crippen molar-refractivity contribution in [2.24, 2.45) is 0 Å². The van der Waals surface area contributed by atoms with Crippen LogP contribution in [0.15, 0.2) is 53.4 Å². The number of nitrogens with zero attached hydrogens (tertiary/aromatic N) is 1. The largest absolute Gasteiger partial charge is 0.352 e. The summed E-state index contributed by atoms with van der Waals surface area (Å²) in [4.78, 5) is 27.1. The zero-order valence-corrected chi connectivity index (χ0v) is 15.6. The molecule has 1 aliphatic heterocycles. The Kier molecular flexibility index (Phi) is 5.83. The topological polar surface area (TPSA) is 66.5 Å². The van der Waals surface area contributed by atoms with Crippen molar-refractivity contribution in [1.82, 2.24) is 5.32 Å². The maximum absolute atomic E-state index is 12.5. The Bertz CT molecular complexity index is 836. The van der Waals surface area contributed by atoms with Gasteiger partial charge in [0.2, 0.25) is 5.91 Å². The van der Waals surface area contributed by atoms with E-state index in [-0.39, 0.29) is 17.6 Å². The van der Waals surface area contributed by atoms with E-state index in [4.69, 9.17) is 0 Å². The molecule has 1 unspecified atom stereocenters. The fourth-order valence-electron chi connectivity index (χ4n) is 2.88. The van der Waals surface area contributed by atoms with Gasteiger partial charge in [-0.1, -0.05) is 43.7 Å². The first kappa shape index (κ1) is 18.3. The summed E-state index contributed by atoms with van der Waals surface area (Å²) >= 11 is 0. The molecule has 6 heteroatoms. The minimum absolute atomic E-state index is 0.0259. The highest BCUT2D eigenvalue weighted by atomic mass is 32.2. The molecule has 2 aromatic carbocycles. The van der Waals surface area contributed by atoms with E-state index in [1.54, 1.807) is 23.1 Å². The predicted octanol–water partition coefficient (Wildman–Crippen LogP) is 2.87. The maximum atomic E-state index is 12.5. The Hall–Kier alpha value is -2.47. The molecule has 1 heterocycles. The van der Waals surface area contributed by atoms with Gasteiger partial charge in [-0.3, -0.25) is 13.8 Å². The molecule has 0 spiro atoms. The van der Waals surface area contributed by atoms with Crippen molar-refractivity contribution in [2.75, 3.05) is 17.2 Å². The molecule has 3 rings (SSSR count). The fourth-order valence-corrected chi connectivity index (χ4v) is 4.04. The Morgan fingerprint density at radius 1 is 1.19 bits per heavy atom. The van der Waals surface area contributed by atoms with Gasteiger partial charge < -0.3 is 10.2 Å². The van der Waals surface area contributed by atoms with Crippen LogP contribution in [0.4, 0.5) is 5.69 Å². The standard InChI is InChI=1S/C20H22N2O3S/c1-2-3-11-21-20(24)16-9-10-18-17(12-16)22(19(23)14-26(18)25)13-15-7-5-4-6-8-15/h4-10,12H,2-3,11,13-14H2,1H3,(H,21,24). The van der Waals surface area contributed by atoms with Crippen LogP contribution in [-0.2, 0) is 22.1 Å². The normalized spacial score (nSPS) is 16.3. The van der Waals surface area contributed by atoms with Crippen molar-refractivity contribution in [3.05, 3.63) is 59.7 Å². The van der Waals surface area contributed by atoms with E-state index in [1.807, 2.05) is 30.3 Å². The summed E-state index contributed by atoms with van der Waals surface area (Å²) in [6, 6.07) is 14.7. The molecule has 2 aromatic rings. The number of rotatable bonds is 6. The summed E-state index contributed by atoms with van der Waals surface area (Å²) in [5.41, 5.74) is 2.02. The molecular weight excluding hydrogens is 348 g/mol. The Morgan fingerprint density at radius 3 is 2.69 bits per heavy atom. The van der Waals surface area contributed by atoms with E-state index in [1.165, 1.54) is 0 Å². The summed E-state index contributed by atoms with van der Waals surface area (Å²) in [7, 11) is -1.38. The number of unbranched alkanes of at least 4 members (excludes halogenated alkanes) is 1. The van der Waals surface area contributed by atoms with Gasteiger partial charge in [0.1, 0.15) is 5.75 Å². The molecule has 0 fully saturated rings. The molecule has 0 radical (unpaired) electrons. The van der Waals surface area contributed by atoms with Crippen LogP contribution in [0.25, 0.3) is 0 Å². The second-order valence-electron chi connectivity index (χ2n) is 6.25. The number of hydrogen-bond donors (Lipinski definition) is 1. The van der Waals surface area contributed by atoms with Gasteiger partial charge in [-0.05, 0) is 30.2 Å². The number of hydrogen-bond acceptors (Lipinski definition) is 3. The van der Waals surface area contributed by atoms with Gasteiger partial charge in [-0.2, -0.15) is 0 Å². The van der Waals surface area contributed by atoms with Crippen LogP contribution in [0.2, 0.25) is 0 Å². The number of benzene rings is 2. The van der Waals surface area contributed by atoms with Crippen LogP contribution in [0, 0.1) is 0 Å². The first-order valence-corrected chi connectivity index (χ1v) is 10.1. The molecule has 0 aliphatic carbocycles. The summed E-state index contributed by atoms with van der Waals surface area (Å²) in [5, 5.41) is 2.88. The SMILES string of the molecule is CCCCNC(=O)c1ccc2c(c1)N(Cc1ccccc1)C(=O)CS2=O. The molecule has 0 bridgehead atoms. The fraction of sp³-hybridized carbons (Fsp3) is 0.300. The lowest BCUT2D eigenvalue weighted by Crippen LogP contribution is -2.38. The monoisotopic (exact) mass is 370 g/mol. The Balaban J connectivity index is 1.90. The molecule has 26 heavy (non-hydrogen) atoms. The third-order valence-corrected chi connectivity index (χ3v) is 5.66. The highest BCUT2D eigenvalue weighted by Gasteiger charge is 2.30. The average Bonchev–Trinajstić information content (AvgIpc) is 2.65. The zero-order chi connectivity index (χ0) is 18.5. The molecule has 1 aliphatic rings. The van der Waals surface area contributed by atoms with Gasteiger partial charge >= 0.3 is 0 Å². The van der Waals surface area contributed by atoms with E-state index in [2.05, 4.69) is 12.2 Å². The highest BCUT2D eigenvalue weighted by molar-refractivity contribution is 7.86. The number of carbonyl (C=O) groups excluding carboxylic acids is 2. The number of nitrogens with one attached hydrogen (secondary N) is 1. The van der Waals surface area contributed by atoms with E-state index in [0.29, 0.717) is 29.2 Å². The summed E-state index contributed by atoms with van der Waals surface area (Å²) in [5.74, 6) is -0.394. The van der Waals surface area contributed by atoms with Crippen LogP contribution < -0.4 is 10.2 Å². The van der Waals surface area contributed by atoms with Crippen LogP contribution in [-0.4, -0.2) is 28.3 Å². The predicted molar refractivity (Wildman–Crippen MR) is 103 cm³/mol. The average molecular weight is 370 g/mol. The van der Waals surface area contributed by atoms with Gasteiger partial charge in [0.05, 0.1) is 27.9 Å². The zero-order valence-electron chi connectivity index (χ0n) is 14.7. The first-order chi connectivity index (χ1) is 12.6. The number of amides is 2. The Labute approximate surface area is 155 Å². The molecule has 5 nitrogen and oxygen atoms in total. The summed E-state index contributed by atoms with van der Waals surface area (Å²) < 4.78 is 12.3. The molecular formula is C20H22N2O3S. The molecule has 1 N–H and O–H groups in total. The molecule has 136 valence electrons. The molecule has 0 aromatic heterocycles. The molecule has 0 saturated heterocycles. The van der Waals surface area contributed by atoms with Gasteiger partial charge in [0.15, 0.2) is 0 Å². The number of anilines is 1. The van der Waals surface area contributed by atoms with Crippen molar-refractivity contribution in [3.8, 4) is 0 Å². The lowest BCUT2D eigenvalue weighted by Gasteiger charge is -2.29. The number of carbonyl (C=O) groups is 2. The second kappa shape index (κ2) is 8.27. The van der Waals surface area contributed by atoms with Gasteiger partial charge in [0, 0.05) is 12.1 Å². The minimum atomic E-state index is -1.38. The lowest BCUT2D eigenvalue weighted by molar-refractivity contribution is -0.116. The van der Waals surface area contributed by atoms with E-state index in [0.717, 1.165) is 18.4 Å². The van der Waals surface area contributed by atoms with Crippen molar-refractivity contribution < 1.29 is 13.8 Å². The van der Waals surface area contributed by atoms with Crippen LogP contribution >= 0.6 is 0 Å². The Morgan fingerprint density at radius 2 is 1.96 bits per heavy atom. The smallest absolute Gasteiger partial charge is 0.251 e. The third kappa shape index (κ3) is 4.02. The van der Waals surface area contributed by atoms with Crippen LogP contribution in [0.5, 0.6) is 0 Å². The first-order valence-electron chi connectivity index (χ1n) is 8.75. The lowest BCUT2D eigenvalue weighted by atomic mass is 10.1. The molecule has 0 saturated carbocycles. The van der Waals surface area contributed by atoms with Crippen LogP contribution in [0.3, 0.4) is 0 Å². The third-order valence-electron chi connectivity index (χ3n) is 4.31. The van der Waals surface area contributed by atoms with Gasteiger partial charge in [-0.15, -0.1) is 0 Å². The van der Waals surface area contributed by atoms with Crippen molar-refractivity contribution in [2.45, 2.75) is 31.2 Å². The number of fused-ring (bicyclic) bond motifs is 1. The van der Waals surface area contributed by atoms with Crippen molar-refractivity contribution >= 4 is 28.3 Å². The quantitative estimate of drug-likeness (QED) is 0.795. The minimum Gasteiger partial charge on any atom is -0.352 e. The van der Waals surface area contributed by atoms with Crippen molar-refractivity contribution in [1.29, 1.82) is 0 Å². The van der Waals surface area contributed by atoms with Crippen molar-refractivity contribution in [3.63, 3.8) is 0 Å². The highest BCUT2D eigenvalue weighted by Crippen LogP contribution is 2.31. The second-order valence-corrected chi connectivity index (χ2v) is 7.67. The summed E-state index contributed by atoms with van der Waals surface area (Å²) in [6.45, 7) is 3.07. The molecule has 1 atom stereocenters. The van der Waals surface area contributed by atoms with Crippen LogP contribution in [0.1, 0.15) is 35.7 Å². The maximum Gasteiger partial charge on any atom is 0.251 e. The van der Waals surface area contributed by atoms with Gasteiger partial charge in [0.25, 0.3) is 5.91 Å². The van der Waals surface area contributed by atoms with E-state index in [9.17, 15) is 13.8 Å². The molecule has 2 amide bonds. The van der Waals surface area contributed by atoms with E-state index < -0.39 is 10.8 Å².